The van der Waals surface area contributed by atoms with Crippen molar-refractivity contribution in [1.29, 1.82) is 0 Å². The molecule has 2 amide bonds. The van der Waals surface area contributed by atoms with Crippen molar-refractivity contribution >= 4 is 11.7 Å². The fraction of sp³-hybridized carbons (Fsp3) is 0.238. The van der Waals surface area contributed by atoms with E-state index in [2.05, 4.69) is 15.7 Å². The molecule has 2 N–H and O–H groups in total. The predicted octanol–water partition coefficient (Wildman–Crippen LogP) is 4.22. The molecule has 2 heterocycles. The minimum Gasteiger partial charge on any atom is -0.493 e. The summed E-state index contributed by atoms with van der Waals surface area (Å²) in [6.07, 6.45) is 3.41. The molecule has 0 saturated heterocycles. The van der Waals surface area contributed by atoms with Gasteiger partial charge >= 0.3 is 6.03 Å². The van der Waals surface area contributed by atoms with E-state index in [1.165, 1.54) is 0 Å². The molecular formula is C21H22N4O2. The van der Waals surface area contributed by atoms with Crippen molar-refractivity contribution in [2.24, 2.45) is 0 Å². The zero-order chi connectivity index (χ0) is 18.6. The molecule has 138 valence electrons. The first-order valence-corrected chi connectivity index (χ1v) is 9.11. The van der Waals surface area contributed by atoms with E-state index in [-0.39, 0.29) is 12.1 Å². The molecule has 6 nitrogen and oxygen atoms in total. The first kappa shape index (κ1) is 17.1. The Bertz CT molecular complexity index is 936. The van der Waals surface area contributed by atoms with E-state index < -0.39 is 0 Å². The summed E-state index contributed by atoms with van der Waals surface area (Å²) in [5.74, 6) is 0.841. The van der Waals surface area contributed by atoms with Gasteiger partial charge < -0.3 is 15.4 Å². The molecule has 0 fully saturated rings. The van der Waals surface area contributed by atoms with Gasteiger partial charge in [0, 0.05) is 5.56 Å². The Balaban J connectivity index is 1.48. The summed E-state index contributed by atoms with van der Waals surface area (Å²) in [5, 5.41) is 10.4. The number of nitrogens with one attached hydrogen (secondary N) is 2. The Kier molecular flexibility index (Phi) is 4.78. The summed E-state index contributed by atoms with van der Waals surface area (Å²) in [4.78, 5) is 12.6. The van der Waals surface area contributed by atoms with Gasteiger partial charge in [-0.2, -0.15) is 5.10 Å². The van der Waals surface area contributed by atoms with Crippen molar-refractivity contribution in [2.45, 2.75) is 25.8 Å². The third-order valence-electron chi connectivity index (χ3n) is 4.75. The molecule has 6 heteroatoms. The number of nitrogens with zero attached hydrogens (tertiary/aromatic N) is 2. The van der Waals surface area contributed by atoms with Gasteiger partial charge in [0.05, 0.1) is 35.9 Å². The lowest BCUT2D eigenvalue weighted by molar-refractivity contribution is 0.247. The molecule has 1 aliphatic heterocycles. The second-order valence-corrected chi connectivity index (χ2v) is 6.57. The average Bonchev–Trinajstić information content (AvgIpc) is 2.93. The molecule has 1 aliphatic rings. The van der Waals surface area contributed by atoms with Gasteiger partial charge in [-0.05, 0) is 38.0 Å². The van der Waals surface area contributed by atoms with Crippen LogP contribution in [0.1, 0.15) is 30.1 Å². The Morgan fingerprint density at radius 1 is 1.15 bits per heavy atom. The Labute approximate surface area is 158 Å². The van der Waals surface area contributed by atoms with E-state index in [1.54, 1.807) is 6.20 Å². The zero-order valence-electron chi connectivity index (χ0n) is 15.2. The predicted molar refractivity (Wildman–Crippen MR) is 104 cm³/mol. The summed E-state index contributed by atoms with van der Waals surface area (Å²) in [5.41, 5.74) is 3.54. The highest BCUT2D eigenvalue weighted by molar-refractivity contribution is 5.90. The molecule has 27 heavy (non-hydrogen) atoms. The van der Waals surface area contributed by atoms with E-state index in [0.717, 1.165) is 35.5 Å². The highest BCUT2D eigenvalue weighted by atomic mass is 16.5. The van der Waals surface area contributed by atoms with Crippen LogP contribution in [0.2, 0.25) is 0 Å². The van der Waals surface area contributed by atoms with Gasteiger partial charge in [0.15, 0.2) is 0 Å². The van der Waals surface area contributed by atoms with Gasteiger partial charge in [0.2, 0.25) is 0 Å². The van der Waals surface area contributed by atoms with Crippen LogP contribution in [0.25, 0.3) is 5.69 Å². The molecule has 3 aromatic rings. The number of aromatic nitrogens is 2. The Morgan fingerprint density at radius 3 is 2.78 bits per heavy atom. The normalized spacial score (nSPS) is 16.0. The van der Waals surface area contributed by atoms with Gasteiger partial charge in [0.1, 0.15) is 5.75 Å². The number of fused-ring (bicyclic) bond motifs is 1. The number of rotatable bonds is 3. The minimum absolute atomic E-state index is 0.0758. The van der Waals surface area contributed by atoms with Crippen LogP contribution in [0, 0.1) is 6.92 Å². The van der Waals surface area contributed by atoms with Gasteiger partial charge in [0.25, 0.3) is 0 Å². The molecule has 1 aromatic heterocycles. The molecule has 0 unspecified atom stereocenters. The summed E-state index contributed by atoms with van der Waals surface area (Å²) >= 11 is 0. The van der Waals surface area contributed by atoms with E-state index in [4.69, 9.17) is 4.74 Å². The zero-order valence-corrected chi connectivity index (χ0v) is 15.2. The maximum absolute atomic E-state index is 12.6. The van der Waals surface area contributed by atoms with Crippen molar-refractivity contribution in [2.75, 3.05) is 11.9 Å². The van der Waals surface area contributed by atoms with E-state index in [9.17, 15) is 4.79 Å². The quantitative estimate of drug-likeness (QED) is 0.733. The fourth-order valence-corrected chi connectivity index (χ4v) is 3.35. The third kappa shape index (κ3) is 3.65. The molecule has 0 spiro atoms. The summed E-state index contributed by atoms with van der Waals surface area (Å²) < 4.78 is 7.57. The third-order valence-corrected chi connectivity index (χ3v) is 4.75. The number of anilines is 1. The number of para-hydroxylation sites is 2. The second kappa shape index (κ2) is 7.53. The van der Waals surface area contributed by atoms with Gasteiger partial charge in [-0.3, -0.25) is 0 Å². The standard InChI is InChI=1S/C21H22N4O2/c1-15-19(14-22-25(15)16-8-3-2-4-9-16)24-21(26)23-18-11-7-13-27-20-12-6-5-10-17(18)20/h2-6,8-10,12,14,18H,7,11,13H2,1H3,(H2,23,24,26)/t18-/m0/s1. The molecule has 2 aromatic carbocycles. The summed E-state index contributed by atoms with van der Waals surface area (Å²) in [7, 11) is 0. The molecule has 0 saturated carbocycles. The molecule has 4 rings (SSSR count). The molecule has 0 bridgehead atoms. The highest BCUT2D eigenvalue weighted by Crippen LogP contribution is 2.31. The van der Waals surface area contributed by atoms with Crippen molar-refractivity contribution < 1.29 is 9.53 Å². The molecule has 0 aliphatic carbocycles. The van der Waals surface area contributed by atoms with Crippen molar-refractivity contribution in [3.8, 4) is 11.4 Å². The van der Waals surface area contributed by atoms with Crippen LogP contribution in [0.15, 0.2) is 60.8 Å². The Hall–Kier alpha value is -3.28. The first-order chi connectivity index (χ1) is 13.2. The van der Waals surface area contributed by atoms with E-state index in [0.29, 0.717) is 12.3 Å². The van der Waals surface area contributed by atoms with Crippen LogP contribution in [-0.4, -0.2) is 22.4 Å². The van der Waals surface area contributed by atoms with Crippen LogP contribution in [0.3, 0.4) is 0 Å². The van der Waals surface area contributed by atoms with Crippen LogP contribution < -0.4 is 15.4 Å². The number of amides is 2. The summed E-state index contributed by atoms with van der Waals surface area (Å²) in [6.45, 7) is 2.60. The molecule has 0 radical (unpaired) electrons. The van der Waals surface area contributed by atoms with Crippen molar-refractivity contribution in [1.82, 2.24) is 15.1 Å². The SMILES string of the molecule is Cc1c(NC(=O)N[C@H]2CCCOc3ccccc32)cnn1-c1ccccc1. The van der Waals surface area contributed by atoms with Gasteiger partial charge in [-0.15, -0.1) is 0 Å². The van der Waals surface area contributed by atoms with Crippen LogP contribution >= 0.6 is 0 Å². The number of carbonyl (C=O) groups excluding carboxylic acids is 1. The number of hydrogen-bond acceptors (Lipinski definition) is 3. The number of hydrogen-bond donors (Lipinski definition) is 2. The Morgan fingerprint density at radius 2 is 1.93 bits per heavy atom. The summed E-state index contributed by atoms with van der Waals surface area (Å²) in [6, 6.07) is 17.4. The molecule has 1 atom stereocenters. The van der Waals surface area contributed by atoms with Crippen molar-refractivity contribution in [3.63, 3.8) is 0 Å². The minimum atomic E-state index is -0.243. The second-order valence-electron chi connectivity index (χ2n) is 6.57. The maximum atomic E-state index is 12.6. The topological polar surface area (TPSA) is 68.2 Å². The average molecular weight is 362 g/mol. The van der Waals surface area contributed by atoms with E-state index >= 15 is 0 Å². The largest absolute Gasteiger partial charge is 0.493 e. The monoisotopic (exact) mass is 362 g/mol. The lowest BCUT2D eigenvalue weighted by Gasteiger charge is -2.18. The van der Waals surface area contributed by atoms with Crippen LogP contribution in [0.4, 0.5) is 10.5 Å². The fourth-order valence-electron chi connectivity index (χ4n) is 3.35. The maximum Gasteiger partial charge on any atom is 0.319 e. The van der Waals surface area contributed by atoms with Crippen LogP contribution in [-0.2, 0) is 0 Å². The first-order valence-electron chi connectivity index (χ1n) is 9.11. The lowest BCUT2D eigenvalue weighted by atomic mass is 10.0. The highest BCUT2D eigenvalue weighted by Gasteiger charge is 2.21. The van der Waals surface area contributed by atoms with E-state index in [1.807, 2.05) is 66.2 Å². The number of urea groups is 1. The number of ether oxygens (including phenoxy) is 1. The molecular weight excluding hydrogens is 340 g/mol. The van der Waals surface area contributed by atoms with Crippen LogP contribution in [0.5, 0.6) is 5.75 Å². The van der Waals surface area contributed by atoms with Gasteiger partial charge in [-0.1, -0.05) is 36.4 Å². The van der Waals surface area contributed by atoms with Crippen molar-refractivity contribution in [3.05, 3.63) is 72.1 Å². The number of benzene rings is 2. The lowest BCUT2D eigenvalue weighted by Crippen LogP contribution is -2.32. The van der Waals surface area contributed by atoms with Gasteiger partial charge in [-0.25, -0.2) is 9.48 Å². The smallest absolute Gasteiger partial charge is 0.319 e. The number of carbonyl (C=O) groups is 1.